The van der Waals surface area contributed by atoms with Crippen LogP contribution in [0.15, 0.2) is 24.8 Å². The monoisotopic (exact) mass is 535 g/mol. The fourth-order valence-corrected chi connectivity index (χ4v) is 5.03. The summed E-state index contributed by atoms with van der Waals surface area (Å²) in [6, 6.07) is -0.634. The molecule has 1 saturated carbocycles. The molecular weight excluding hydrogens is 512 g/mol. The number of hydrogen-bond donors (Lipinski definition) is 3. The molecule has 4 aromatic rings. The highest BCUT2D eigenvalue weighted by Gasteiger charge is 2.43. The van der Waals surface area contributed by atoms with E-state index in [1.165, 1.54) is 12.4 Å². The first-order chi connectivity index (χ1) is 17.0. The molecular formula is C23H24ClF2N7O2S. The Morgan fingerprint density at radius 2 is 2.08 bits per heavy atom. The Bertz CT molecular complexity index is 1480. The van der Waals surface area contributed by atoms with Gasteiger partial charge in [-0.1, -0.05) is 11.6 Å². The molecule has 0 bridgehead atoms. The first kappa shape index (κ1) is 24.9. The summed E-state index contributed by atoms with van der Waals surface area (Å²) in [7, 11) is 0. The Morgan fingerprint density at radius 1 is 1.36 bits per heavy atom. The molecule has 0 saturated heterocycles. The molecule has 0 aliphatic heterocycles. The van der Waals surface area contributed by atoms with Crippen molar-refractivity contribution < 1.29 is 18.1 Å². The fraction of sp³-hybridized carbons (Fsp3) is 0.391. The normalized spacial score (nSPS) is 19.6. The largest absolute Gasteiger partial charge is 0.598 e. The van der Waals surface area contributed by atoms with E-state index in [0.717, 1.165) is 0 Å². The number of imidazole rings is 1. The topological polar surface area (TPSA) is 123 Å². The Morgan fingerprint density at radius 3 is 2.75 bits per heavy atom. The number of amides is 1. The van der Waals surface area contributed by atoms with Crippen molar-refractivity contribution in [3.63, 3.8) is 0 Å². The molecule has 9 nitrogen and oxygen atoms in total. The number of aromatic amines is 1. The minimum Gasteiger partial charge on any atom is -0.598 e. The van der Waals surface area contributed by atoms with Gasteiger partial charge >= 0.3 is 0 Å². The third-order valence-corrected chi connectivity index (χ3v) is 8.03. The lowest BCUT2D eigenvalue weighted by Crippen LogP contribution is -2.40. The number of carbonyl (C=O) groups is 1. The van der Waals surface area contributed by atoms with Gasteiger partial charge in [0.15, 0.2) is 11.5 Å². The van der Waals surface area contributed by atoms with Crippen molar-refractivity contribution in [3.05, 3.63) is 41.2 Å². The van der Waals surface area contributed by atoms with Crippen molar-refractivity contribution in [2.75, 3.05) is 5.32 Å². The smallest absolute Gasteiger partial charge is 0.231 e. The zero-order valence-corrected chi connectivity index (χ0v) is 21.5. The van der Waals surface area contributed by atoms with Crippen LogP contribution in [0.25, 0.3) is 27.8 Å². The summed E-state index contributed by atoms with van der Waals surface area (Å²) in [6.45, 7) is 7.16. The van der Waals surface area contributed by atoms with Crippen LogP contribution in [0, 0.1) is 11.7 Å². The number of alkyl halides is 1. The van der Waals surface area contributed by atoms with Crippen LogP contribution in [0.5, 0.6) is 0 Å². The van der Waals surface area contributed by atoms with Gasteiger partial charge in [-0.15, -0.1) is 4.72 Å². The molecule has 1 fully saturated rings. The van der Waals surface area contributed by atoms with E-state index in [0.29, 0.717) is 27.8 Å². The summed E-state index contributed by atoms with van der Waals surface area (Å²) in [4.78, 5) is 20.7. The summed E-state index contributed by atoms with van der Waals surface area (Å²) in [5, 5.41) is 9.90. The minimum absolute atomic E-state index is 0.155. The zero-order chi connectivity index (χ0) is 25.9. The number of halogens is 3. The van der Waals surface area contributed by atoms with E-state index in [-0.39, 0.29) is 22.8 Å². The average molecular weight is 536 g/mol. The molecule has 3 N–H and O–H groups in total. The number of nitrogens with one attached hydrogen (secondary N) is 3. The van der Waals surface area contributed by atoms with Gasteiger partial charge in [0.2, 0.25) is 5.91 Å². The van der Waals surface area contributed by atoms with Gasteiger partial charge in [0.05, 0.1) is 46.8 Å². The van der Waals surface area contributed by atoms with Gasteiger partial charge in [0, 0.05) is 34.1 Å². The predicted octanol–water partition coefficient (Wildman–Crippen LogP) is 4.47. The number of benzene rings is 1. The van der Waals surface area contributed by atoms with E-state index in [1.54, 1.807) is 23.7 Å². The highest BCUT2D eigenvalue weighted by Crippen LogP contribution is 2.41. The molecule has 1 aromatic carbocycles. The van der Waals surface area contributed by atoms with Crippen molar-refractivity contribution in [3.8, 4) is 11.3 Å². The zero-order valence-electron chi connectivity index (χ0n) is 19.9. The number of anilines is 1. The highest BCUT2D eigenvalue weighted by molar-refractivity contribution is 7.90. The van der Waals surface area contributed by atoms with Crippen molar-refractivity contribution in [2.24, 2.45) is 5.92 Å². The quantitative estimate of drug-likeness (QED) is 0.313. The third kappa shape index (κ3) is 4.42. The van der Waals surface area contributed by atoms with E-state index in [2.05, 4.69) is 30.2 Å². The molecule has 0 spiro atoms. The predicted molar refractivity (Wildman–Crippen MR) is 134 cm³/mol. The lowest BCUT2D eigenvalue weighted by Gasteiger charge is -2.27. The maximum absolute atomic E-state index is 15.7. The van der Waals surface area contributed by atoms with E-state index in [9.17, 15) is 13.7 Å². The van der Waals surface area contributed by atoms with Gasteiger partial charge in [0.1, 0.15) is 16.7 Å². The number of hydrogen-bond acceptors (Lipinski definition) is 6. The minimum atomic E-state index is -1.44. The lowest BCUT2D eigenvalue weighted by atomic mass is 9.99. The van der Waals surface area contributed by atoms with E-state index in [4.69, 9.17) is 11.6 Å². The van der Waals surface area contributed by atoms with Crippen molar-refractivity contribution in [1.82, 2.24) is 29.3 Å². The molecule has 13 heteroatoms. The Balaban J connectivity index is 1.52. The Labute approximate surface area is 213 Å². The molecule has 36 heavy (non-hydrogen) atoms. The second-order valence-electron chi connectivity index (χ2n) is 9.81. The molecule has 1 amide bonds. The maximum Gasteiger partial charge on any atom is 0.231 e. The molecule has 5 rings (SSSR count). The second-order valence-corrected chi connectivity index (χ2v) is 12.2. The van der Waals surface area contributed by atoms with Crippen molar-refractivity contribution >= 4 is 51.2 Å². The molecule has 1 unspecified atom stereocenters. The molecule has 1 aliphatic rings. The number of aromatic nitrogens is 5. The van der Waals surface area contributed by atoms with Crippen LogP contribution in [-0.4, -0.2) is 45.9 Å². The van der Waals surface area contributed by atoms with Crippen LogP contribution in [-0.2, 0) is 16.2 Å². The van der Waals surface area contributed by atoms with Crippen LogP contribution in [0.2, 0.25) is 5.02 Å². The van der Waals surface area contributed by atoms with Crippen molar-refractivity contribution in [2.45, 2.75) is 51.1 Å². The Kier molecular flexibility index (Phi) is 6.18. The van der Waals surface area contributed by atoms with Gasteiger partial charge in [-0.3, -0.25) is 14.9 Å². The highest BCUT2D eigenvalue weighted by atomic mass is 35.5. The standard InChI is InChI=1S/C23H24ClF2N7O2S/c1-10(32-36(35)23(2,3)4)17-20(26)19(24)18(12-6-28-31-21(12)17)14-8-33-9-15(29-16(33)7-27-14)30-22(34)11-5-13(11)25/h6-11,13,32H,5H2,1-4H3,(H,28,31)(H,30,34)/t10?,11-,13+,36+/m1/s1. The van der Waals surface area contributed by atoms with E-state index < -0.39 is 46.0 Å². The maximum atomic E-state index is 15.7. The first-order valence-corrected chi connectivity index (χ1v) is 12.8. The van der Waals surface area contributed by atoms with Crippen LogP contribution in [0.1, 0.15) is 45.7 Å². The van der Waals surface area contributed by atoms with Gasteiger partial charge in [0.25, 0.3) is 0 Å². The number of H-pyrrole nitrogens is 1. The van der Waals surface area contributed by atoms with Gasteiger partial charge in [-0.2, -0.15) is 5.10 Å². The number of nitrogens with zero attached hydrogens (tertiary/aromatic N) is 4. The molecule has 190 valence electrons. The molecule has 4 atom stereocenters. The van der Waals surface area contributed by atoms with Crippen LogP contribution in [0.4, 0.5) is 14.6 Å². The van der Waals surface area contributed by atoms with E-state index >= 15 is 4.39 Å². The summed E-state index contributed by atoms with van der Waals surface area (Å²) in [6.07, 6.45) is 5.26. The fourth-order valence-electron chi connectivity index (χ4n) is 3.93. The SMILES string of the molecule is CC(N[S@@+]([O-])C(C)(C)C)c1c(F)c(Cl)c(-c2cn3cc(NC(=O)[C@@H]4C[C@@H]4F)nc3cn2)c2cn[nH]c12. The van der Waals surface area contributed by atoms with Gasteiger partial charge < -0.3 is 14.3 Å². The first-order valence-electron chi connectivity index (χ1n) is 11.3. The van der Waals surface area contributed by atoms with Crippen LogP contribution in [0.3, 0.4) is 0 Å². The number of carbonyl (C=O) groups excluding carboxylic acids is 1. The average Bonchev–Trinajstić information content (AvgIpc) is 3.16. The molecule has 1 aliphatic carbocycles. The Hall–Kier alpha value is -2.80. The van der Waals surface area contributed by atoms with Crippen LogP contribution < -0.4 is 10.0 Å². The summed E-state index contributed by atoms with van der Waals surface area (Å²) in [5.41, 5.74) is 1.73. The summed E-state index contributed by atoms with van der Waals surface area (Å²) >= 11 is 5.10. The third-order valence-electron chi connectivity index (χ3n) is 6.00. The summed E-state index contributed by atoms with van der Waals surface area (Å²) in [5.74, 6) is -1.49. The number of rotatable bonds is 6. The summed E-state index contributed by atoms with van der Waals surface area (Å²) < 4.78 is 45.5. The van der Waals surface area contributed by atoms with Crippen molar-refractivity contribution in [1.29, 1.82) is 0 Å². The molecule has 0 radical (unpaired) electrons. The molecule has 3 heterocycles. The van der Waals surface area contributed by atoms with Crippen LogP contribution >= 0.6 is 11.6 Å². The lowest BCUT2D eigenvalue weighted by molar-refractivity contribution is -0.117. The molecule has 3 aromatic heterocycles. The van der Waals surface area contributed by atoms with Gasteiger partial charge in [-0.25, -0.2) is 13.8 Å². The van der Waals surface area contributed by atoms with Gasteiger partial charge in [-0.05, 0) is 34.1 Å². The number of fused-ring (bicyclic) bond motifs is 2. The van der Waals surface area contributed by atoms with E-state index in [1.807, 2.05) is 20.8 Å². The second kappa shape index (κ2) is 8.94.